The first-order valence-electron chi connectivity index (χ1n) is 13.4. The molecule has 1 fully saturated rings. The summed E-state index contributed by atoms with van der Waals surface area (Å²) in [5.41, 5.74) is 10.5. The quantitative estimate of drug-likeness (QED) is 0.273. The molecule has 0 saturated carbocycles. The van der Waals surface area contributed by atoms with Crippen LogP contribution in [0.5, 0.6) is 0 Å². The number of urea groups is 1. The van der Waals surface area contributed by atoms with E-state index >= 15 is 0 Å². The Bertz CT molecular complexity index is 1520. The number of hydrogen-bond acceptors (Lipinski definition) is 7. The van der Waals surface area contributed by atoms with Crippen LogP contribution < -0.4 is 16.6 Å². The minimum Gasteiger partial charge on any atom is -0.397 e. The van der Waals surface area contributed by atoms with Crippen LogP contribution in [0.1, 0.15) is 78.1 Å². The van der Waals surface area contributed by atoms with Crippen molar-refractivity contribution in [2.24, 2.45) is 0 Å². The van der Waals surface area contributed by atoms with Gasteiger partial charge in [-0.05, 0) is 62.8 Å². The molecular weight excluding hydrogens is 532 g/mol. The Kier molecular flexibility index (Phi) is 7.45. The molecule has 0 unspecified atom stereocenters. The fourth-order valence-corrected chi connectivity index (χ4v) is 6.02. The van der Waals surface area contributed by atoms with Crippen LogP contribution in [0.3, 0.4) is 0 Å². The first kappa shape index (κ1) is 27.9. The fraction of sp³-hybridized carbons (Fsp3) is 0.464. The van der Waals surface area contributed by atoms with E-state index in [0.717, 1.165) is 28.1 Å². The Morgan fingerprint density at radius 2 is 2.05 bits per heavy atom. The standard InChI is InChI=1S/C28H35ClN8O3/c1-15-9-18(26(38)35-34-15)16-5-7-36(8-6-16)27(39)33-22-11-17-10-21(29)24(31)19(12-30)20(17)14-37-23(13-32-25(22)37)28(2,3)40-4/h9-10,12-13,16,22,30H,5-8,11,14,31H2,1-4H3,(H,33,39)(H,35,38)/t22-/m1/s1. The number of nitrogens with zero attached hydrogens (tertiary/aromatic N) is 4. The monoisotopic (exact) mass is 566 g/mol. The summed E-state index contributed by atoms with van der Waals surface area (Å²) in [5.74, 6) is 0.771. The average molecular weight is 567 g/mol. The highest BCUT2D eigenvalue weighted by atomic mass is 35.5. The van der Waals surface area contributed by atoms with Crippen molar-refractivity contribution < 1.29 is 9.53 Å². The molecular formula is C28H35ClN8O3. The van der Waals surface area contributed by atoms with E-state index in [2.05, 4.69) is 15.5 Å². The van der Waals surface area contributed by atoms with Crippen molar-refractivity contribution in [3.05, 3.63) is 73.2 Å². The molecule has 5 rings (SSSR count). The highest BCUT2D eigenvalue weighted by Gasteiger charge is 2.35. The molecule has 2 aliphatic rings. The lowest BCUT2D eigenvalue weighted by Crippen LogP contribution is -2.46. The number of nitrogens with two attached hydrogens (primary N) is 1. The zero-order valence-corrected chi connectivity index (χ0v) is 23.9. The number of ether oxygens (including phenoxy) is 1. The van der Waals surface area contributed by atoms with Gasteiger partial charge in [0.25, 0.3) is 5.56 Å². The molecule has 0 aliphatic carbocycles. The van der Waals surface area contributed by atoms with Gasteiger partial charge < -0.3 is 30.7 Å². The lowest BCUT2D eigenvalue weighted by molar-refractivity contribution is 0.0125. The minimum atomic E-state index is -0.641. The molecule has 2 aromatic heterocycles. The van der Waals surface area contributed by atoms with Crippen LogP contribution in [0.4, 0.5) is 10.5 Å². The number of imidazole rings is 1. The van der Waals surface area contributed by atoms with Crippen LogP contribution in [0.2, 0.25) is 5.02 Å². The lowest BCUT2D eigenvalue weighted by atomic mass is 9.90. The second-order valence-electron chi connectivity index (χ2n) is 11.0. The number of likely N-dealkylation sites (tertiary alicyclic amines) is 1. The van der Waals surface area contributed by atoms with Crippen molar-refractivity contribution in [2.75, 3.05) is 25.9 Å². The van der Waals surface area contributed by atoms with Gasteiger partial charge in [0.2, 0.25) is 0 Å². The maximum absolute atomic E-state index is 13.6. The van der Waals surface area contributed by atoms with Crippen LogP contribution in [-0.4, -0.2) is 57.1 Å². The second-order valence-corrected chi connectivity index (χ2v) is 11.4. The topological polar surface area (TPSA) is 155 Å². The predicted octanol–water partition coefficient (Wildman–Crippen LogP) is 3.62. The zero-order valence-electron chi connectivity index (χ0n) is 23.2. The number of halogens is 1. The van der Waals surface area contributed by atoms with Crippen LogP contribution in [0, 0.1) is 12.3 Å². The number of rotatable bonds is 5. The molecule has 1 atom stereocenters. The van der Waals surface area contributed by atoms with Gasteiger partial charge in [-0.25, -0.2) is 14.9 Å². The molecule has 2 aliphatic heterocycles. The van der Waals surface area contributed by atoms with E-state index in [0.29, 0.717) is 61.0 Å². The molecule has 1 saturated heterocycles. The van der Waals surface area contributed by atoms with E-state index < -0.39 is 11.6 Å². The number of H-pyrrole nitrogens is 1. The van der Waals surface area contributed by atoms with E-state index in [9.17, 15) is 9.59 Å². The minimum absolute atomic E-state index is 0.0733. The Hall–Kier alpha value is -3.70. The highest BCUT2D eigenvalue weighted by molar-refractivity contribution is 6.33. The van der Waals surface area contributed by atoms with E-state index in [1.54, 1.807) is 18.2 Å². The SMILES string of the molecule is COC(C)(C)c1cnc2n1Cc1c(cc(Cl)c(N)c1C=N)C[C@H]2NC(=O)N1CCC(c2cc(C)n[nH]c2=O)CC1. The number of carbonyl (C=O) groups excluding carboxylic acids is 1. The number of fused-ring (bicyclic) bond motifs is 2. The molecule has 11 nitrogen and oxygen atoms in total. The molecule has 0 bridgehead atoms. The molecule has 40 heavy (non-hydrogen) atoms. The number of methoxy groups -OCH3 is 1. The number of aromatic amines is 1. The third kappa shape index (κ3) is 4.99. The van der Waals surface area contributed by atoms with Crippen molar-refractivity contribution >= 4 is 29.5 Å². The lowest BCUT2D eigenvalue weighted by Gasteiger charge is -2.33. The normalized spacial score (nSPS) is 17.6. The summed E-state index contributed by atoms with van der Waals surface area (Å²) in [7, 11) is 1.65. The number of amides is 2. The summed E-state index contributed by atoms with van der Waals surface area (Å²) in [4.78, 5) is 32.4. The summed E-state index contributed by atoms with van der Waals surface area (Å²) < 4.78 is 7.82. The Morgan fingerprint density at radius 3 is 2.73 bits per heavy atom. The molecule has 212 valence electrons. The Morgan fingerprint density at radius 1 is 1.32 bits per heavy atom. The number of nitrogen functional groups attached to an aromatic ring is 1. The van der Waals surface area contributed by atoms with Crippen LogP contribution >= 0.6 is 11.6 Å². The number of aryl methyl sites for hydroxylation is 1. The van der Waals surface area contributed by atoms with Crippen LogP contribution in [-0.2, 0) is 23.3 Å². The maximum Gasteiger partial charge on any atom is 0.317 e. The Labute approximate surface area is 237 Å². The molecule has 1 aromatic carbocycles. The van der Waals surface area contributed by atoms with Crippen molar-refractivity contribution in [1.82, 2.24) is 30.0 Å². The number of aromatic nitrogens is 4. The molecule has 2 amide bonds. The van der Waals surface area contributed by atoms with Gasteiger partial charge in [0.1, 0.15) is 11.4 Å². The molecule has 12 heteroatoms. The van der Waals surface area contributed by atoms with Gasteiger partial charge in [-0.2, -0.15) is 5.10 Å². The largest absolute Gasteiger partial charge is 0.397 e. The van der Waals surface area contributed by atoms with Gasteiger partial charge >= 0.3 is 6.03 Å². The third-order valence-corrected chi connectivity index (χ3v) is 8.56. The smallest absolute Gasteiger partial charge is 0.317 e. The van der Waals surface area contributed by atoms with Crippen LogP contribution in [0.15, 0.2) is 23.1 Å². The van der Waals surface area contributed by atoms with E-state index in [-0.39, 0.29) is 17.5 Å². The van der Waals surface area contributed by atoms with Gasteiger partial charge in [0.05, 0.1) is 40.9 Å². The highest BCUT2D eigenvalue weighted by Crippen LogP contribution is 2.37. The van der Waals surface area contributed by atoms with Gasteiger partial charge in [0, 0.05) is 44.0 Å². The number of piperidine rings is 1. The van der Waals surface area contributed by atoms with Gasteiger partial charge in [-0.1, -0.05) is 11.6 Å². The summed E-state index contributed by atoms with van der Waals surface area (Å²) in [6, 6.07) is 3.02. The van der Waals surface area contributed by atoms with Crippen molar-refractivity contribution in [1.29, 1.82) is 5.41 Å². The summed E-state index contributed by atoms with van der Waals surface area (Å²) in [5, 5.41) is 18.2. The van der Waals surface area contributed by atoms with Crippen LogP contribution in [0.25, 0.3) is 0 Å². The zero-order chi connectivity index (χ0) is 28.8. The second kappa shape index (κ2) is 10.7. The van der Waals surface area contributed by atoms with Crippen molar-refractivity contribution in [2.45, 2.75) is 64.1 Å². The Balaban J connectivity index is 1.43. The van der Waals surface area contributed by atoms with Gasteiger partial charge in [0.15, 0.2) is 0 Å². The van der Waals surface area contributed by atoms with Gasteiger partial charge in [-0.15, -0.1) is 0 Å². The van der Waals surface area contributed by atoms with Crippen molar-refractivity contribution in [3.63, 3.8) is 0 Å². The summed E-state index contributed by atoms with van der Waals surface area (Å²) in [6.07, 6.45) is 4.83. The molecule has 0 radical (unpaired) electrons. The summed E-state index contributed by atoms with van der Waals surface area (Å²) in [6.45, 7) is 7.24. The molecule has 0 spiro atoms. The maximum atomic E-state index is 13.6. The first-order chi connectivity index (χ1) is 19.0. The van der Waals surface area contributed by atoms with Gasteiger partial charge in [-0.3, -0.25) is 4.79 Å². The summed E-state index contributed by atoms with van der Waals surface area (Å²) >= 11 is 6.46. The molecule has 4 heterocycles. The fourth-order valence-electron chi connectivity index (χ4n) is 5.78. The number of nitrogens with one attached hydrogen (secondary N) is 3. The van der Waals surface area contributed by atoms with E-state index in [1.807, 2.05) is 37.5 Å². The predicted molar refractivity (Wildman–Crippen MR) is 153 cm³/mol. The molecule has 3 aromatic rings. The number of carbonyl (C=O) groups is 1. The van der Waals surface area contributed by atoms with E-state index in [4.69, 9.17) is 32.5 Å². The average Bonchev–Trinajstić information content (AvgIpc) is 3.31. The number of anilines is 1. The van der Waals surface area contributed by atoms with Crippen molar-refractivity contribution in [3.8, 4) is 0 Å². The number of benzene rings is 1. The first-order valence-corrected chi connectivity index (χ1v) is 13.7. The number of hydrogen-bond donors (Lipinski definition) is 4. The third-order valence-electron chi connectivity index (χ3n) is 8.25. The van der Waals surface area contributed by atoms with E-state index in [1.165, 1.54) is 6.21 Å². The molecule has 5 N–H and O–H groups in total.